The van der Waals surface area contributed by atoms with Crippen LogP contribution in [0.5, 0.6) is 0 Å². The van der Waals surface area contributed by atoms with E-state index in [0.29, 0.717) is 23.9 Å². The van der Waals surface area contributed by atoms with Crippen molar-refractivity contribution in [2.75, 3.05) is 20.1 Å². The summed E-state index contributed by atoms with van der Waals surface area (Å²) < 4.78 is 6.84. The van der Waals surface area contributed by atoms with Crippen LogP contribution in [-0.2, 0) is 7.05 Å². The van der Waals surface area contributed by atoms with E-state index in [1.54, 1.807) is 14.0 Å². The van der Waals surface area contributed by atoms with E-state index >= 15 is 0 Å². The highest BCUT2D eigenvalue weighted by Crippen LogP contribution is 2.22. The van der Waals surface area contributed by atoms with Gasteiger partial charge in [-0.1, -0.05) is 19.3 Å². The minimum atomic E-state index is -0.279. The maximum atomic E-state index is 12.6. The average Bonchev–Trinajstić information content (AvgIpc) is 2.95. The molecule has 1 saturated carbocycles. The first-order chi connectivity index (χ1) is 12.0. The van der Waals surface area contributed by atoms with E-state index in [2.05, 4.69) is 22.2 Å². The predicted molar refractivity (Wildman–Crippen MR) is 95.8 cm³/mol. The van der Waals surface area contributed by atoms with Crippen molar-refractivity contribution in [1.82, 2.24) is 19.8 Å². The van der Waals surface area contributed by atoms with Gasteiger partial charge >= 0.3 is 0 Å². The lowest BCUT2D eigenvalue weighted by atomic mass is 9.94. The molecule has 7 nitrogen and oxygen atoms in total. The molecule has 25 heavy (non-hydrogen) atoms. The molecule has 1 aliphatic rings. The van der Waals surface area contributed by atoms with Crippen LogP contribution in [0, 0.1) is 6.92 Å². The van der Waals surface area contributed by atoms with Crippen LogP contribution in [-0.4, -0.2) is 46.5 Å². The first kappa shape index (κ1) is 17.7. The maximum Gasteiger partial charge on any atom is 0.265 e. The molecule has 0 spiro atoms. The molecular formula is C18H26N4O3. The molecule has 7 heteroatoms. The van der Waals surface area contributed by atoms with Gasteiger partial charge in [0, 0.05) is 26.2 Å². The molecule has 0 aliphatic heterocycles. The molecule has 0 radical (unpaired) electrons. The zero-order valence-electron chi connectivity index (χ0n) is 15.2. The molecule has 1 amide bonds. The van der Waals surface area contributed by atoms with Gasteiger partial charge in [0.2, 0.25) is 5.71 Å². The SMILES string of the molecule is Cc1oc2ncn(C)c(=O)c2c1C(=O)NCCN(C)C1CCCCC1. The van der Waals surface area contributed by atoms with E-state index < -0.39 is 0 Å². The molecule has 0 saturated heterocycles. The number of rotatable bonds is 5. The number of nitrogens with zero attached hydrogens (tertiary/aromatic N) is 3. The summed E-state index contributed by atoms with van der Waals surface area (Å²) in [5.74, 6) is 0.141. The highest BCUT2D eigenvalue weighted by molar-refractivity contribution is 6.06. The molecule has 2 heterocycles. The van der Waals surface area contributed by atoms with E-state index in [0.717, 1.165) is 6.54 Å². The molecule has 136 valence electrons. The van der Waals surface area contributed by atoms with Crippen LogP contribution in [0.4, 0.5) is 0 Å². The molecule has 1 fully saturated rings. The molecule has 1 aliphatic carbocycles. The molecular weight excluding hydrogens is 320 g/mol. The van der Waals surface area contributed by atoms with Crippen molar-refractivity contribution in [1.29, 1.82) is 0 Å². The summed E-state index contributed by atoms with van der Waals surface area (Å²) >= 11 is 0. The largest absolute Gasteiger partial charge is 0.442 e. The number of amides is 1. The van der Waals surface area contributed by atoms with E-state index in [9.17, 15) is 9.59 Å². The van der Waals surface area contributed by atoms with Crippen molar-refractivity contribution in [2.24, 2.45) is 7.05 Å². The standard InChI is InChI=1S/C18H26N4O3/c1-12-14(15-17(25-12)20-11-22(3)18(15)24)16(23)19-9-10-21(2)13-7-5-4-6-8-13/h11,13H,4-10H2,1-3H3,(H,19,23). The van der Waals surface area contributed by atoms with Crippen molar-refractivity contribution >= 4 is 17.0 Å². The molecule has 2 aromatic rings. The van der Waals surface area contributed by atoms with Crippen LogP contribution in [0.1, 0.15) is 48.2 Å². The summed E-state index contributed by atoms with van der Waals surface area (Å²) in [6.07, 6.45) is 7.77. The number of carbonyl (C=O) groups excluding carboxylic acids is 1. The Kier molecular flexibility index (Phi) is 5.22. The third kappa shape index (κ3) is 3.61. The van der Waals surface area contributed by atoms with Crippen molar-refractivity contribution in [3.63, 3.8) is 0 Å². The zero-order chi connectivity index (χ0) is 18.0. The fraction of sp³-hybridized carbons (Fsp3) is 0.611. The Morgan fingerprint density at radius 3 is 2.84 bits per heavy atom. The van der Waals surface area contributed by atoms with Crippen LogP contribution in [0.15, 0.2) is 15.5 Å². The van der Waals surface area contributed by atoms with Gasteiger partial charge in [-0.05, 0) is 26.8 Å². The van der Waals surface area contributed by atoms with Gasteiger partial charge in [0.1, 0.15) is 17.5 Å². The highest BCUT2D eigenvalue weighted by atomic mass is 16.3. The van der Waals surface area contributed by atoms with Gasteiger partial charge in [-0.3, -0.25) is 9.59 Å². The third-order valence-electron chi connectivity index (χ3n) is 5.12. The van der Waals surface area contributed by atoms with Gasteiger partial charge in [0.25, 0.3) is 11.5 Å². The average molecular weight is 346 g/mol. The van der Waals surface area contributed by atoms with E-state index in [1.807, 2.05) is 0 Å². The van der Waals surface area contributed by atoms with Crippen molar-refractivity contribution in [2.45, 2.75) is 45.1 Å². The monoisotopic (exact) mass is 346 g/mol. The number of hydrogen-bond donors (Lipinski definition) is 1. The lowest BCUT2D eigenvalue weighted by Crippen LogP contribution is -2.39. The van der Waals surface area contributed by atoms with Gasteiger partial charge in [-0.15, -0.1) is 0 Å². The van der Waals surface area contributed by atoms with Crippen molar-refractivity contribution < 1.29 is 9.21 Å². The van der Waals surface area contributed by atoms with Gasteiger partial charge in [0.05, 0.1) is 5.56 Å². The molecule has 0 atom stereocenters. The van der Waals surface area contributed by atoms with Gasteiger partial charge < -0.3 is 19.2 Å². The first-order valence-corrected chi connectivity index (χ1v) is 8.92. The summed E-state index contributed by atoms with van der Waals surface area (Å²) in [7, 11) is 3.72. The number of likely N-dealkylation sites (N-methyl/N-ethyl adjacent to an activating group) is 1. The van der Waals surface area contributed by atoms with Crippen molar-refractivity contribution in [3.8, 4) is 0 Å². The minimum absolute atomic E-state index is 0.213. The zero-order valence-corrected chi connectivity index (χ0v) is 15.2. The van der Waals surface area contributed by atoms with Crippen LogP contribution >= 0.6 is 0 Å². The Morgan fingerprint density at radius 2 is 2.12 bits per heavy atom. The van der Waals surface area contributed by atoms with Gasteiger partial charge in [-0.25, -0.2) is 4.98 Å². The van der Waals surface area contributed by atoms with Gasteiger partial charge in [0.15, 0.2) is 0 Å². The minimum Gasteiger partial charge on any atom is -0.442 e. The Bertz CT molecular complexity index is 818. The Hall–Kier alpha value is -2.15. The lowest BCUT2D eigenvalue weighted by Gasteiger charge is -2.31. The van der Waals surface area contributed by atoms with Crippen molar-refractivity contribution in [3.05, 3.63) is 28.0 Å². The van der Waals surface area contributed by atoms with E-state index in [1.165, 1.54) is 43.0 Å². The second-order valence-electron chi connectivity index (χ2n) is 6.90. The summed E-state index contributed by atoms with van der Waals surface area (Å²) in [5.41, 5.74) is 0.236. The number of fused-ring (bicyclic) bond motifs is 1. The van der Waals surface area contributed by atoms with Crippen LogP contribution in [0.25, 0.3) is 11.1 Å². The quantitative estimate of drug-likeness (QED) is 0.893. The second kappa shape index (κ2) is 7.39. The predicted octanol–water partition coefficient (Wildman–Crippen LogP) is 1.83. The Morgan fingerprint density at radius 1 is 1.40 bits per heavy atom. The summed E-state index contributed by atoms with van der Waals surface area (Å²) in [6.45, 7) is 3.02. The number of carbonyl (C=O) groups is 1. The fourth-order valence-electron chi connectivity index (χ4n) is 3.60. The Labute approximate surface area is 147 Å². The number of hydrogen-bond acceptors (Lipinski definition) is 5. The summed E-state index contributed by atoms with van der Waals surface area (Å²) in [6, 6.07) is 0.610. The Balaban J connectivity index is 1.67. The van der Waals surface area contributed by atoms with E-state index in [-0.39, 0.29) is 22.6 Å². The normalized spacial score (nSPS) is 15.8. The summed E-state index contributed by atoms with van der Waals surface area (Å²) in [4.78, 5) is 31.3. The molecule has 0 unspecified atom stereocenters. The third-order valence-corrected chi connectivity index (χ3v) is 5.12. The number of nitrogens with one attached hydrogen (secondary N) is 1. The van der Waals surface area contributed by atoms with E-state index in [4.69, 9.17) is 4.42 Å². The molecule has 0 aromatic carbocycles. The topological polar surface area (TPSA) is 80.4 Å². The molecule has 3 rings (SSSR count). The van der Waals surface area contributed by atoms with Crippen LogP contribution < -0.4 is 10.9 Å². The number of aromatic nitrogens is 2. The van der Waals surface area contributed by atoms with Crippen LogP contribution in [0.3, 0.4) is 0 Å². The second-order valence-corrected chi connectivity index (χ2v) is 6.90. The number of furan rings is 1. The maximum absolute atomic E-state index is 12.6. The molecule has 0 bridgehead atoms. The smallest absolute Gasteiger partial charge is 0.265 e. The molecule has 2 aromatic heterocycles. The highest BCUT2D eigenvalue weighted by Gasteiger charge is 2.23. The van der Waals surface area contributed by atoms with Gasteiger partial charge in [-0.2, -0.15) is 0 Å². The number of aryl methyl sites for hydroxylation is 2. The summed E-state index contributed by atoms with van der Waals surface area (Å²) in [5, 5.41) is 3.17. The lowest BCUT2D eigenvalue weighted by molar-refractivity contribution is 0.0944. The first-order valence-electron chi connectivity index (χ1n) is 8.92. The molecule has 1 N–H and O–H groups in total. The fourth-order valence-corrected chi connectivity index (χ4v) is 3.60. The van der Waals surface area contributed by atoms with Crippen LogP contribution in [0.2, 0.25) is 0 Å².